The van der Waals surface area contributed by atoms with Gasteiger partial charge in [-0.25, -0.2) is 0 Å². The molecule has 1 saturated heterocycles. The van der Waals surface area contributed by atoms with Gasteiger partial charge in [-0.1, -0.05) is 6.42 Å². The zero-order chi connectivity index (χ0) is 13.0. The number of rotatable bonds is 3. The molecule has 2 fully saturated rings. The first-order valence-electron chi connectivity index (χ1n) is 7.37. The Balaban J connectivity index is 1.79. The second-order valence-electron chi connectivity index (χ2n) is 5.99. The number of nitrogens with zero attached hydrogens (tertiary/aromatic N) is 1. The number of carbonyl (C=O) groups is 1. The van der Waals surface area contributed by atoms with Crippen LogP contribution in [0.2, 0.25) is 0 Å². The summed E-state index contributed by atoms with van der Waals surface area (Å²) >= 11 is 0. The summed E-state index contributed by atoms with van der Waals surface area (Å²) in [6.45, 7) is 0.989. The number of piperidine rings is 1. The fourth-order valence-corrected chi connectivity index (χ4v) is 3.14. The predicted molar refractivity (Wildman–Crippen MR) is 73.5 cm³/mol. The van der Waals surface area contributed by atoms with Gasteiger partial charge in [0.2, 0.25) is 5.91 Å². The third-order valence-electron chi connectivity index (χ3n) is 4.35. The molecular weight excluding hydrogens is 226 g/mol. The van der Waals surface area contributed by atoms with Crippen LogP contribution in [-0.2, 0) is 4.79 Å². The minimum atomic E-state index is 0.0542. The van der Waals surface area contributed by atoms with Crippen molar-refractivity contribution in [3.05, 3.63) is 0 Å². The van der Waals surface area contributed by atoms with E-state index in [1.807, 2.05) is 0 Å². The van der Waals surface area contributed by atoms with Gasteiger partial charge in [0.1, 0.15) is 0 Å². The molecule has 0 bridgehead atoms. The summed E-state index contributed by atoms with van der Waals surface area (Å²) in [6.07, 6.45) is 8.11. The van der Waals surface area contributed by atoms with Crippen molar-refractivity contribution < 1.29 is 4.79 Å². The van der Waals surface area contributed by atoms with Gasteiger partial charge in [-0.2, -0.15) is 0 Å². The maximum absolute atomic E-state index is 12.2. The molecule has 104 valence electrons. The van der Waals surface area contributed by atoms with Gasteiger partial charge >= 0.3 is 0 Å². The number of hydrogen-bond acceptors (Lipinski definition) is 3. The Morgan fingerprint density at radius 1 is 1.17 bits per heavy atom. The summed E-state index contributed by atoms with van der Waals surface area (Å²) in [4.78, 5) is 14.4. The molecule has 2 rings (SSSR count). The average Bonchev–Trinajstić information content (AvgIpc) is 2.40. The van der Waals surface area contributed by atoms with E-state index in [4.69, 9.17) is 0 Å². The van der Waals surface area contributed by atoms with Crippen molar-refractivity contribution in [1.29, 1.82) is 0 Å². The molecule has 0 spiro atoms. The van der Waals surface area contributed by atoms with Gasteiger partial charge in [-0.05, 0) is 59.2 Å². The van der Waals surface area contributed by atoms with E-state index in [9.17, 15) is 4.79 Å². The fourth-order valence-electron chi connectivity index (χ4n) is 3.14. The van der Waals surface area contributed by atoms with Crippen LogP contribution in [0.3, 0.4) is 0 Å². The van der Waals surface area contributed by atoms with Crippen LogP contribution in [-0.4, -0.2) is 49.6 Å². The molecule has 1 amide bonds. The first kappa shape index (κ1) is 13.8. The molecule has 1 heterocycles. The molecule has 1 saturated carbocycles. The van der Waals surface area contributed by atoms with Gasteiger partial charge in [0.15, 0.2) is 0 Å². The molecular formula is C14H27N3O. The van der Waals surface area contributed by atoms with Crippen LogP contribution >= 0.6 is 0 Å². The molecule has 4 heteroatoms. The van der Waals surface area contributed by atoms with Crippen molar-refractivity contribution in [3.63, 3.8) is 0 Å². The highest BCUT2D eigenvalue weighted by Crippen LogP contribution is 2.21. The van der Waals surface area contributed by atoms with Crippen LogP contribution in [0, 0.1) is 0 Å². The van der Waals surface area contributed by atoms with E-state index in [2.05, 4.69) is 29.6 Å². The Kier molecular flexibility index (Phi) is 5.01. The van der Waals surface area contributed by atoms with E-state index < -0.39 is 0 Å². The lowest BCUT2D eigenvalue weighted by Crippen LogP contribution is -2.51. The molecule has 4 nitrogen and oxygen atoms in total. The topological polar surface area (TPSA) is 44.4 Å². The lowest BCUT2D eigenvalue weighted by Gasteiger charge is -2.34. The summed E-state index contributed by atoms with van der Waals surface area (Å²) < 4.78 is 0. The molecule has 18 heavy (non-hydrogen) atoms. The second kappa shape index (κ2) is 6.53. The molecule has 0 aromatic rings. The Hall–Kier alpha value is -0.610. The number of carbonyl (C=O) groups excluding carboxylic acids is 1. The zero-order valence-electron chi connectivity index (χ0n) is 11.7. The maximum Gasteiger partial charge on any atom is 0.237 e. The van der Waals surface area contributed by atoms with Crippen molar-refractivity contribution in [2.24, 2.45) is 0 Å². The summed E-state index contributed by atoms with van der Waals surface area (Å²) in [6, 6.07) is 1.06. The molecule has 1 aliphatic heterocycles. The highest BCUT2D eigenvalue weighted by molar-refractivity contribution is 5.82. The molecule has 0 radical (unpaired) electrons. The van der Waals surface area contributed by atoms with Crippen LogP contribution < -0.4 is 10.6 Å². The molecule has 2 aliphatic rings. The van der Waals surface area contributed by atoms with Gasteiger partial charge in [0.25, 0.3) is 0 Å². The summed E-state index contributed by atoms with van der Waals surface area (Å²) in [5.74, 6) is 0.221. The van der Waals surface area contributed by atoms with E-state index in [0.717, 1.165) is 25.8 Å². The Bertz CT molecular complexity index is 274. The Labute approximate surface area is 110 Å². The smallest absolute Gasteiger partial charge is 0.237 e. The van der Waals surface area contributed by atoms with Crippen LogP contribution in [0.25, 0.3) is 0 Å². The van der Waals surface area contributed by atoms with Crippen molar-refractivity contribution >= 4 is 5.91 Å². The van der Waals surface area contributed by atoms with Gasteiger partial charge < -0.3 is 15.5 Å². The third-order valence-corrected chi connectivity index (χ3v) is 4.35. The SMILES string of the molecule is CN(C)C1CCCC(NC(=O)[C@H]2CCCCN2)C1. The Morgan fingerprint density at radius 3 is 2.67 bits per heavy atom. The fraction of sp³-hybridized carbons (Fsp3) is 0.929. The van der Waals surface area contributed by atoms with Crippen LogP contribution in [0.15, 0.2) is 0 Å². The molecule has 2 N–H and O–H groups in total. The monoisotopic (exact) mass is 253 g/mol. The minimum absolute atomic E-state index is 0.0542. The summed E-state index contributed by atoms with van der Waals surface area (Å²) in [7, 11) is 4.27. The number of nitrogens with one attached hydrogen (secondary N) is 2. The highest BCUT2D eigenvalue weighted by atomic mass is 16.2. The van der Waals surface area contributed by atoms with E-state index in [-0.39, 0.29) is 11.9 Å². The molecule has 0 aromatic carbocycles. The molecule has 2 unspecified atom stereocenters. The zero-order valence-corrected chi connectivity index (χ0v) is 11.7. The number of hydrogen-bond donors (Lipinski definition) is 2. The van der Waals surface area contributed by atoms with Crippen molar-refractivity contribution in [1.82, 2.24) is 15.5 Å². The van der Waals surface area contributed by atoms with Gasteiger partial charge in [-0.3, -0.25) is 4.79 Å². The van der Waals surface area contributed by atoms with Crippen molar-refractivity contribution in [3.8, 4) is 0 Å². The van der Waals surface area contributed by atoms with Gasteiger partial charge in [-0.15, -0.1) is 0 Å². The second-order valence-corrected chi connectivity index (χ2v) is 5.99. The quantitative estimate of drug-likeness (QED) is 0.792. The number of amides is 1. The van der Waals surface area contributed by atoms with Crippen LogP contribution in [0.5, 0.6) is 0 Å². The third kappa shape index (κ3) is 3.69. The lowest BCUT2D eigenvalue weighted by molar-refractivity contribution is -0.124. The molecule has 1 aliphatic carbocycles. The van der Waals surface area contributed by atoms with Crippen LogP contribution in [0.1, 0.15) is 44.9 Å². The average molecular weight is 253 g/mol. The summed E-state index contributed by atoms with van der Waals surface area (Å²) in [5, 5.41) is 6.57. The highest BCUT2D eigenvalue weighted by Gasteiger charge is 2.27. The lowest BCUT2D eigenvalue weighted by atomic mass is 9.90. The van der Waals surface area contributed by atoms with Crippen molar-refractivity contribution in [2.45, 2.75) is 63.1 Å². The first-order valence-corrected chi connectivity index (χ1v) is 7.37. The maximum atomic E-state index is 12.2. The minimum Gasteiger partial charge on any atom is -0.352 e. The molecule has 3 atom stereocenters. The Morgan fingerprint density at radius 2 is 2.00 bits per heavy atom. The predicted octanol–water partition coefficient (Wildman–Crippen LogP) is 1.12. The van der Waals surface area contributed by atoms with Crippen molar-refractivity contribution in [2.75, 3.05) is 20.6 Å². The standard InChI is InChI=1S/C14H27N3O/c1-17(2)12-7-5-6-11(10-12)16-14(18)13-8-3-4-9-15-13/h11-13,15H,3-10H2,1-2H3,(H,16,18)/t11?,12?,13-/m1/s1. The largest absolute Gasteiger partial charge is 0.352 e. The first-order chi connectivity index (χ1) is 8.66. The van der Waals surface area contributed by atoms with Gasteiger partial charge in [0, 0.05) is 12.1 Å². The van der Waals surface area contributed by atoms with E-state index in [0.29, 0.717) is 12.1 Å². The normalized spacial score (nSPS) is 33.4. The van der Waals surface area contributed by atoms with Gasteiger partial charge in [0.05, 0.1) is 6.04 Å². The van der Waals surface area contributed by atoms with E-state index in [1.54, 1.807) is 0 Å². The summed E-state index contributed by atoms with van der Waals surface area (Å²) in [5.41, 5.74) is 0. The molecule has 0 aromatic heterocycles. The van der Waals surface area contributed by atoms with E-state index >= 15 is 0 Å². The van der Waals surface area contributed by atoms with Crippen LogP contribution in [0.4, 0.5) is 0 Å². The van der Waals surface area contributed by atoms with E-state index in [1.165, 1.54) is 25.7 Å².